The molecule has 1 rings (SSSR count). The summed E-state index contributed by atoms with van der Waals surface area (Å²) in [6, 6.07) is -0.257. The Bertz CT molecular complexity index is 135. The van der Waals surface area contributed by atoms with Crippen LogP contribution in [-0.2, 0) is 4.74 Å². The molecule has 1 saturated heterocycles. The van der Waals surface area contributed by atoms with Gasteiger partial charge in [-0.2, -0.15) is 0 Å². The number of nitrogens with zero attached hydrogens (tertiary/aromatic N) is 1. The Hall–Kier alpha value is -0.260. The van der Waals surface area contributed by atoms with E-state index in [1.807, 2.05) is 0 Å². The van der Waals surface area contributed by atoms with E-state index in [1.165, 1.54) is 0 Å². The molecule has 1 aliphatic rings. The zero-order chi connectivity index (χ0) is 8.97. The first-order chi connectivity index (χ1) is 5.74. The molecular formula is C7H13F2NO2. The van der Waals surface area contributed by atoms with Crippen molar-refractivity contribution in [3.8, 4) is 0 Å². The molecule has 0 radical (unpaired) electrons. The van der Waals surface area contributed by atoms with Gasteiger partial charge in [0.2, 0.25) is 0 Å². The Morgan fingerprint density at radius 3 is 2.92 bits per heavy atom. The maximum atomic E-state index is 12.0. The van der Waals surface area contributed by atoms with Crippen LogP contribution in [0.2, 0.25) is 0 Å². The molecule has 1 aliphatic heterocycles. The molecule has 0 aromatic heterocycles. The van der Waals surface area contributed by atoms with E-state index in [0.717, 1.165) is 0 Å². The molecule has 1 N–H and O–H groups in total. The highest BCUT2D eigenvalue weighted by molar-refractivity contribution is 4.74. The second kappa shape index (κ2) is 4.69. The fourth-order valence-corrected chi connectivity index (χ4v) is 1.27. The van der Waals surface area contributed by atoms with Crippen molar-refractivity contribution in [2.24, 2.45) is 0 Å². The Labute approximate surface area is 69.9 Å². The maximum Gasteiger partial charge on any atom is 0.251 e. The molecule has 0 aromatic rings. The average Bonchev–Trinajstić information content (AvgIpc) is 2.04. The summed E-state index contributed by atoms with van der Waals surface area (Å²) in [6.45, 7) is 0.920. The highest BCUT2D eigenvalue weighted by Gasteiger charge is 2.24. The van der Waals surface area contributed by atoms with Crippen LogP contribution >= 0.6 is 0 Å². The van der Waals surface area contributed by atoms with Gasteiger partial charge in [-0.1, -0.05) is 0 Å². The average molecular weight is 181 g/mol. The van der Waals surface area contributed by atoms with E-state index < -0.39 is 6.43 Å². The highest BCUT2D eigenvalue weighted by Crippen LogP contribution is 2.08. The third-order valence-corrected chi connectivity index (χ3v) is 1.93. The molecular weight excluding hydrogens is 168 g/mol. The van der Waals surface area contributed by atoms with Gasteiger partial charge in [-0.05, 0) is 0 Å². The van der Waals surface area contributed by atoms with Gasteiger partial charge in [0.25, 0.3) is 6.43 Å². The lowest BCUT2D eigenvalue weighted by atomic mass is 10.2. The third-order valence-electron chi connectivity index (χ3n) is 1.93. The lowest BCUT2D eigenvalue weighted by Gasteiger charge is -2.33. The zero-order valence-electron chi connectivity index (χ0n) is 6.75. The number of alkyl halides is 2. The molecule has 72 valence electrons. The van der Waals surface area contributed by atoms with E-state index in [4.69, 9.17) is 9.84 Å². The summed E-state index contributed by atoms with van der Waals surface area (Å²) in [7, 11) is 0. The van der Waals surface area contributed by atoms with Crippen molar-refractivity contribution in [3.63, 3.8) is 0 Å². The molecule has 12 heavy (non-hydrogen) atoms. The van der Waals surface area contributed by atoms with Gasteiger partial charge in [-0.15, -0.1) is 0 Å². The number of ether oxygens (including phenoxy) is 1. The monoisotopic (exact) mass is 181 g/mol. The third kappa shape index (κ3) is 2.66. The van der Waals surface area contributed by atoms with Crippen LogP contribution < -0.4 is 0 Å². The van der Waals surface area contributed by atoms with Gasteiger partial charge in [0, 0.05) is 6.54 Å². The molecule has 0 bridgehead atoms. The zero-order valence-corrected chi connectivity index (χ0v) is 6.75. The number of aliphatic hydroxyl groups excluding tert-OH is 1. The second-order valence-electron chi connectivity index (χ2n) is 2.80. The van der Waals surface area contributed by atoms with Crippen LogP contribution in [0.15, 0.2) is 0 Å². The minimum atomic E-state index is -2.34. The summed E-state index contributed by atoms with van der Waals surface area (Å²) in [5.74, 6) is 0. The maximum absolute atomic E-state index is 12.0. The van der Waals surface area contributed by atoms with E-state index in [2.05, 4.69) is 0 Å². The number of aliphatic hydroxyl groups is 1. The van der Waals surface area contributed by atoms with E-state index in [-0.39, 0.29) is 19.2 Å². The molecule has 3 nitrogen and oxygen atoms in total. The van der Waals surface area contributed by atoms with E-state index in [1.54, 1.807) is 4.90 Å². The normalized spacial score (nSPS) is 26.5. The summed E-state index contributed by atoms with van der Waals surface area (Å²) in [5.41, 5.74) is 0. The van der Waals surface area contributed by atoms with Gasteiger partial charge in [-0.25, -0.2) is 8.78 Å². The predicted octanol–water partition coefficient (Wildman–Crippen LogP) is -0.0554. The van der Waals surface area contributed by atoms with Gasteiger partial charge in [0.1, 0.15) is 0 Å². The standard InChI is InChI=1S/C7H13F2NO2/c8-7(9)3-10-1-2-12-5-6(10)4-11/h6-7,11H,1-5H2. The number of hydrogen-bond acceptors (Lipinski definition) is 3. The summed E-state index contributed by atoms with van der Waals surface area (Å²) >= 11 is 0. The van der Waals surface area contributed by atoms with Crippen LogP contribution in [0, 0.1) is 0 Å². The van der Waals surface area contributed by atoms with Crippen molar-refractivity contribution in [1.82, 2.24) is 4.90 Å². The molecule has 1 fully saturated rings. The molecule has 0 spiro atoms. The number of halogens is 2. The molecule has 0 saturated carbocycles. The van der Waals surface area contributed by atoms with Crippen LogP contribution in [0.4, 0.5) is 8.78 Å². The second-order valence-corrected chi connectivity index (χ2v) is 2.80. The lowest BCUT2D eigenvalue weighted by molar-refractivity contribution is -0.0484. The van der Waals surface area contributed by atoms with E-state index in [9.17, 15) is 8.78 Å². The van der Waals surface area contributed by atoms with E-state index in [0.29, 0.717) is 19.8 Å². The van der Waals surface area contributed by atoms with Gasteiger partial charge >= 0.3 is 0 Å². The molecule has 0 amide bonds. The largest absolute Gasteiger partial charge is 0.395 e. The Morgan fingerprint density at radius 2 is 2.33 bits per heavy atom. The molecule has 1 atom stereocenters. The van der Waals surface area contributed by atoms with Gasteiger partial charge < -0.3 is 9.84 Å². The van der Waals surface area contributed by atoms with Crippen molar-refractivity contribution in [3.05, 3.63) is 0 Å². The van der Waals surface area contributed by atoms with Crippen LogP contribution in [0.1, 0.15) is 0 Å². The summed E-state index contributed by atoms with van der Waals surface area (Å²) < 4.78 is 29.0. The number of hydrogen-bond donors (Lipinski definition) is 1. The minimum Gasteiger partial charge on any atom is -0.395 e. The molecule has 1 unspecified atom stereocenters. The first-order valence-corrected chi connectivity index (χ1v) is 3.95. The fourth-order valence-electron chi connectivity index (χ4n) is 1.27. The summed E-state index contributed by atoms with van der Waals surface area (Å²) in [5, 5.41) is 8.81. The quantitative estimate of drug-likeness (QED) is 0.662. The molecule has 0 aromatic carbocycles. The Morgan fingerprint density at radius 1 is 1.58 bits per heavy atom. The van der Waals surface area contributed by atoms with Crippen LogP contribution in [-0.4, -0.2) is 55.4 Å². The van der Waals surface area contributed by atoms with Crippen LogP contribution in [0.3, 0.4) is 0 Å². The topological polar surface area (TPSA) is 32.7 Å². The summed E-state index contributed by atoms with van der Waals surface area (Å²) in [4.78, 5) is 1.56. The van der Waals surface area contributed by atoms with Gasteiger partial charge in [0.15, 0.2) is 0 Å². The SMILES string of the molecule is OCC1COCCN1CC(F)F. The van der Waals surface area contributed by atoms with Crippen molar-refractivity contribution in [2.45, 2.75) is 12.5 Å². The Balaban J connectivity index is 2.36. The highest BCUT2D eigenvalue weighted by atomic mass is 19.3. The fraction of sp³-hybridized carbons (Fsp3) is 1.00. The van der Waals surface area contributed by atoms with Crippen molar-refractivity contribution in [2.75, 3.05) is 32.9 Å². The van der Waals surface area contributed by atoms with Crippen LogP contribution in [0.25, 0.3) is 0 Å². The number of morpholine rings is 1. The lowest BCUT2D eigenvalue weighted by Crippen LogP contribution is -2.49. The molecule has 1 heterocycles. The number of rotatable bonds is 3. The first kappa shape index (κ1) is 9.83. The predicted molar refractivity (Wildman–Crippen MR) is 39.3 cm³/mol. The smallest absolute Gasteiger partial charge is 0.251 e. The van der Waals surface area contributed by atoms with Crippen molar-refractivity contribution in [1.29, 1.82) is 0 Å². The van der Waals surface area contributed by atoms with Crippen molar-refractivity contribution < 1.29 is 18.6 Å². The minimum absolute atomic E-state index is 0.118. The molecule has 0 aliphatic carbocycles. The van der Waals surface area contributed by atoms with Gasteiger partial charge in [-0.3, -0.25) is 4.90 Å². The van der Waals surface area contributed by atoms with Crippen molar-refractivity contribution >= 4 is 0 Å². The molecule has 5 heteroatoms. The van der Waals surface area contributed by atoms with Gasteiger partial charge in [0.05, 0.1) is 32.4 Å². The Kier molecular flexibility index (Phi) is 3.84. The van der Waals surface area contributed by atoms with E-state index >= 15 is 0 Å². The summed E-state index contributed by atoms with van der Waals surface area (Å²) in [6.07, 6.45) is -2.34. The first-order valence-electron chi connectivity index (χ1n) is 3.95. The van der Waals surface area contributed by atoms with Crippen LogP contribution in [0.5, 0.6) is 0 Å².